The maximum absolute atomic E-state index is 5.98. The molecule has 84 valence electrons. The van der Waals surface area contributed by atoms with Crippen LogP contribution in [0.25, 0.3) is 10.9 Å². The molecule has 3 heteroatoms. The molecule has 0 saturated carbocycles. The normalized spacial score (nSPS) is 10.9. The van der Waals surface area contributed by atoms with Crippen LogP contribution in [0, 0.1) is 0 Å². The molecule has 17 heavy (non-hydrogen) atoms. The number of fused-ring (bicyclic) bond motifs is 1. The standard InChI is InChI=1S/C14H10ClNS/c15-10-4-3-5-11(8-10)17-14-9-16-13-7-2-1-6-12(13)14/h1-9,16H. The monoisotopic (exact) mass is 259 g/mol. The summed E-state index contributed by atoms with van der Waals surface area (Å²) in [6.07, 6.45) is 2.04. The lowest BCUT2D eigenvalue weighted by Crippen LogP contribution is -1.72. The zero-order chi connectivity index (χ0) is 11.7. The van der Waals surface area contributed by atoms with Crippen molar-refractivity contribution in [3.63, 3.8) is 0 Å². The molecule has 0 fully saturated rings. The average Bonchev–Trinajstić information content (AvgIpc) is 2.73. The van der Waals surface area contributed by atoms with Gasteiger partial charge in [-0.3, -0.25) is 0 Å². The first-order valence-electron chi connectivity index (χ1n) is 5.32. The smallest absolute Gasteiger partial charge is 0.0465 e. The van der Waals surface area contributed by atoms with Gasteiger partial charge >= 0.3 is 0 Å². The lowest BCUT2D eigenvalue weighted by molar-refractivity contribution is 1.39. The molecule has 3 rings (SSSR count). The molecule has 0 bridgehead atoms. The van der Waals surface area contributed by atoms with Gasteiger partial charge in [0, 0.05) is 31.9 Å². The van der Waals surface area contributed by atoms with Crippen LogP contribution in [-0.2, 0) is 0 Å². The SMILES string of the molecule is Clc1cccc(Sc2c[nH]c3ccccc23)c1. The number of para-hydroxylation sites is 1. The molecule has 0 unspecified atom stereocenters. The summed E-state index contributed by atoms with van der Waals surface area (Å²) in [7, 11) is 0. The van der Waals surface area contributed by atoms with Gasteiger partial charge in [0.1, 0.15) is 0 Å². The molecule has 1 nitrogen and oxygen atoms in total. The molecule has 3 aromatic rings. The van der Waals surface area contributed by atoms with Gasteiger partial charge < -0.3 is 4.98 Å². The fourth-order valence-electron chi connectivity index (χ4n) is 1.79. The van der Waals surface area contributed by atoms with E-state index < -0.39 is 0 Å². The van der Waals surface area contributed by atoms with Crippen LogP contribution >= 0.6 is 23.4 Å². The van der Waals surface area contributed by atoms with Crippen LogP contribution < -0.4 is 0 Å². The topological polar surface area (TPSA) is 15.8 Å². The van der Waals surface area contributed by atoms with Gasteiger partial charge in [0.15, 0.2) is 0 Å². The molecule has 1 N–H and O–H groups in total. The minimum absolute atomic E-state index is 0.773. The van der Waals surface area contributed by atoms with Gasteiger partial charge in [-0.25, -0.2) is 0 Å². The lowest BCUT2D eigenvalue weighted by Gasteiger charge is -2.00. The third-order valence-corrected chi connectivity index (χ3v) is 3.86. The first kappa shape index (κ1) is 10.8. The van der Waals surface area contributed by atoms with E-state index >= 15 is 0 Å². The van der Waals surface area contributed by atoms with Crippen molar-refractivity contribution >= 4 is 34.3 Å². The summed E-state index contributed by atoms with van der Waals surface area (Å²) < 4.78 is 0. The van der Waals surface area contributed by atoms with Crippen molar-refractivity contribution in [3.05, 3.63) is 59.8 Å². The van der Waals surface area contributed by atoms with E-state index in [2.05, 4.69) is 29.2 Å². The Labute approximate surface area is 109 Å². The van der Waals surface area contributed by atoms with Crippen LogP contribution in [-0.4, -0.2) is 4.98 Å². The van der Waals surface area contributed by atoms with E-state index in [0.717, 1.165) is 15.4 Å². The van der Waals surface area contributed by atoms with E-state index in [-0.39, 0.29) is 0 Å². The summed E-state index contributed by atoms with van der Waals surface area (Å²) in [5.41, 5.74) is 1.16. The first-order chi connectivity index (χ1) is 8.33. The molecule has 1 heterocycles. The molecule has 0 spiro atoms. The van der Waals surface area contributed by atoms with Gasteiger partial charge in [-0.05, 0) is 24.3 Å². The Morgan fingerprint density at radius 3 is 2.76 bits per heavy atom. The maximum atomic E-state index is 5.98. The predicted octanol–water partition coefficient (Wildman–Crippen LogP) is 4.97. The summed E-state index contributed by atoms with van der Waals surface area (Å²) >= 11 is 7.70. The number of hydrogen-bond acceptors (Lipinski definition) is 1. The number of nitrogens with one attached hydrogen (secondary N) is 1. The summed E-state index contributed by atoms with van der Waals surface area (Å²) in [6, 6.07) is 16.2. The predicted molar refractivity (Wildman–Crippen MR) is 73.9 cm³/mol. The molecule has 0 atom stereocenters. The molecular formula is C14H10ClNS. The summed E-state index contributed by atoms with van der Waals surface area (Å²) in [5, 5.41) is 2.02. The summed E-state index contributed by atoms with van der Waals surface area (Å²) in [6.45, 7) is 0. The Bertz CT molecular complexity index is 660. The van der Waals surface area contributed by atoms with E-state index in [9.17, 15) is 0 Å². The minimum atomic E-state index is 0.773. The molecule has 0 amide bonds. The molecule has 0 radical (unpaired) electrons. The van der Waals surface area contributed by atoms with Crippen LogP contribution in [0.2, 0.25) is 5.02 Å². The molecule has 2 aromatic carbocycles. The van der Waals surface area contributed by atoms with Crippen molar-refractivity contribution in [1.82, 2.24) is 4.98 Å². The third-order valence-electron chi connectivity index (χ3n) is 2.58. The van der Waals surface area contributed by atoms with Crippen LogP contribution in [0.15, 0.2) is 64.5 Å². The van der Waals surface area contributed by atoms with E-state index in [4.69, 9.17) is 11.6 Å². The zero-order valence-corrected chi connectivity index (χ0v) is 10.6. The van der Waals surface area contributed by atoms with Gasteiger partial charge in [-0.2, -0.15) is 0 Å². The van der Waals surface area contributed by atoms with Gasteiger partial charge in [-0.15, -0.1) is 0 Å². The second-order valence-corrected chi connectivity index (χ2v) is 5.31. The molecule has 0 aliphatic carbocycles. The highest BCUT2D eigenvalue weighted by molar-refractivity contribution is 7.99. The van der Waals surface area contributed by atoms with Crippen LogP contribution in [0.4, 0.5) is 0 Å². The minimum Gasteiger partial charge on any atom is -0.360 e. The first-order valence-corrected chi connectivity index (χ1v) is 6.52. The number of halogens is 1. The van der Waals surface area contributed by atoms with Crippen LogP contribution in [0.3, 0.4) is 0 Å². The highest BCUT2D eigenvalue weighted by Gasteiger charge is 2.04. The van der Waals surface area contributed by atoms with E-state index in [1.54, 1.807) is 11.8 Å². The molecule has 0 aliphatic rings. The summed E-state index contributed by atoms with van der Waals surface area (Å²) in [4.78, 5) is 5.65. The molecule has 0 saturated heterocycles. The number of rotatable bonds is 2. The quantitative estimate of drug-likeness (QED) is 0.687. The maximum Gasteiger partial charge on any atom is 0.0465 e. The lowest BCUT2D eigenvalue weighted by atomic mass is 10.2. The van der Waals surface area contributed by atoms with E-state index in [1.165, 1.54) is 10.3 Å². The largest absolute Gasteiger partial charge is 0.360 e. The Morgan fingerprint density at radius 1 is 1.00 bits per heavy atom. The number of aromatic nitrogens is 1. The Kier molecular flexibility index (Phi) is 2.83. The zero-order valence-electron chi connectivity index (χ0n) is 8.98. The number of hydrogen-bond donors (Lipinski definition) is 1. The molecule has 0 aliphatic heterocycles. The van der Waals surface area contributed by atoms with Gasteiger partial charge in [0.25, 0.3) is 0 Å². The summed E-state index contributed by atoms with van der Waals surface area (Å²) in [5.74, 6) is 0. The van der Waals surface area contributed by atoms with Crippen molar-refractivity contribution in [2.24, 2.45) is 0 Å². The van der Waals surface area contributed by atoms with Gasteiger partial charge in [-0.1, -0.05) is 47.6 Å². The molecular weight excluding hydrogens is 250 g/mol. The Morgan fingerprint density at radius 2 is 1.88 bits per heavy atom. The number of benzene rings is 2. The Hall–Kier alpha value is -1.38. The van der Waals surface area contributed by atoms with Crippen molar-refractivity contribution in [1.29, 1.82) is 0 Å². The van der Waals surface area contributed by atoms with Crippen molar-refractivity contribution in [3.8, 4) is 0 Å². The van der Waals surface area contributed by atoms with Crippen molar-refractivity contribution < 1.29 is 0 Å². The van der Waals surface area contributed by atoms with E-state index in [0.29, 0.717) is 0 Å². The number of aromatic amines is 1. The molecule has 1 aromatic heterocycles. The van der Waals surface area contributed by atoms with Gasteiger partial charge in [0.2, 0.25) is 0 Å². The van der Waals surface area contributed by atoms with E-state index in [1.807, 2.05) is 30.5 Å². The number of H-pyrrole nitrogens is 1. The van der Waals surface area contributed by atoms with Crippen LogP contribution in [0.1, 0.15) is 0 Å². The van der Waals surface area contributed by atoms with Crippen molar-refractivity contribution in [2.75, 3.05) is 0 Å². The Balaban J connectivity index is 2.00. The van der Waals surface area contributed by atoms with Crippen molar-refractivity contribution in [2.45, 2.75) is 9.79 Å². The fraction of sp³-hybridized carbons (Fsp3) is 0. The van der Waals surface area contributed by atoms with Gasteiger partial charge in [0.05, 0.1) is 0 Å². The van der Waals surface area contributed by atoms with Crippen LogP contribution in [0.5, 0.6) is 0 Å². The second-order valence-electron chi connectivity index (χ2n) is 3.76. The average molecular weight is 260 g/mol. The fourth-order valence-corrected chi connectivity index (χ4v) is 3.03. The third kappa shape index (κ3) is 2.19. The highest BCUT2D eigenvalue weighted by Crippen LogP contribution is 2.34. The highest BCUT2D eigenvalue weighted by atomic mass is 35.5. The second kappa shape index (κ2) is 4.47.